The van der Waals surface area contributed by atoms with E-state index in [1.807, 2.05) is 6.92 Å². The number of nitrogens with one attached hydrogen (secondary N) is 2. The molecule has 1 aromatic carbocycles. The Kier molecular flexibility index (Phi) is 4.73. The first-order chi connectivity index (χ1) is 11.5. The van der Waals surface area contributed by atoms with Crippen LogP contribution in [0.4, 0.5) is 0 Å². The minimum absolute atomic E-state index is 0.0798. The van der Waals surface area contributed by atoms with E-state index >= 15 is 0 Å². The monoisotopic (exact) mass is 348 g/mol. The van der Waals surface area contributed by atoms with Crippen molar-refractivity contribution in [2.45, 2.75) is 37.2 Å². The van der Waals surface area contributed by atoms with Crippen LogP contribution in [-0.2, 0) is 16.6 Å². The Hall–Kier alpha value is -2.12. The minimum atomic E-state index is -3.65. The molecule has 0 saturated heterocycles. The quantitative estimate of drug-likeness (QED) is 0.803. The van der Waals surface area contributed by atoms with Crippen LogP contribution in [0.1, 0.15) is 35.9 Å². The highest BCUT2D eigenvalue weighted by molar-refractivity contribution is 7.89. The summed E-state index contributed by atoms with van der Waals surface area (Å²) in [6.07, 6.45) is 3.79. The summed E-state index contributed by atoms with van der Waals surface area (Å²) in [6.45, 7) is 2.07. The van der Waals surface area contributed by atoms with Crippen LogP contribution < -0.4 is 10.0 Å². The Morgan fingerprint density at radius 3 is 2.54 bits per heavy atom. The third-order valence-corrected chi connectivity index (χ3v) is 5.55. The number of carbonyl (C=O) groups is 1. The Morgan fingerprint density at radius 2 is 1.96 bits per heavy atom. The standard InChI is InChI=1S/C17H20N2O4S/c1-12(13-4-5-13)19-17(20)14-6-8-16(9-7-14)24(21,22)18-11-15-3-2-10-23-15/h2-3,6-10,12-13,18H,4-5,11H2,1H3,(H,19,20). The average Bonchev–Trinajstić information content (AvgIpc) is 3.30. The van der Waals surface area contributed by atoms with Gasteiger partial charge in [-0.25, -0.2) is 13.1 Å². The number of hydrogen-bond donors (Lipinski definition) is 2. The molecule has 1 fully saturated rings. The maximum absolute atomic E-state index is 12.2. The molecule has 1 unspecified atom stereocenters. The van der Waals surface area contributed by atoms with Crippen molar-refractivity contribution >= 4 is 15.9 Å². The summed E-state index contributed by atoms with van der Waals surface area (Å²) in [5, 5.41) is 2.94. The minimum Gasteiger partial charge on any atom is -0.468 e. The van der Waals surface area contributed by atoms with E-state index in [1.54, 1.807) is 12.1 Å². The van der Waals surface area contributed by atoms with Crippen LogP contribution in [0.3, 0.4) is 0 Å². The topological polar surface area (TPSA) is 88.4 Å². The molecule has 2 N–H and O–H groups in total. The molecule has 0 aliphatic heterocycles. The number of hydrogen-bond acceptors (Lipinski definition) is 4. The Bertz CT molecular complexity index is 794. The van der Waals surface area contributed by atoms with Crippen LogP contribution in [0.5, 0.6) is 0 Å². The van der Waals surface area contributed by atoms with Crippen molar-refractivity contribution in [1.29, 1.82) is 0 Å². The van der Waals surface area contributed by atoms with E-state index in [-0.39, 0.29) is 23.4 Å². The molecular weight excluding hydrogens is 328 g/mol. The Morgan fingerprint density at radius 1 is 1.25 bits per heavy atom. The van der Waals surface area contributed by atoms with E-state index in [0.29, 0.717) is 17.2 Å². The molecule has 24 heavy (non-hydrogen) atoms. The first-order valence-electron chi connectivity index (χ1n) is 7.89. The fourth-order valence-electron chi connectivity index (χ4n) is 2.45. The molecule has 7 heteroatoms. The lowest BCUT2D eigenvalue weighted by atomic mass is 10.1. The molecule has 1 aliphatic carbocycles. The third kappa shape index (κ3) is 4.04. The first kappa shape index (κ1) is 16.7. The lowest BCUT2D eigenvalue weighted by molar-refractivity contribution is 0.0935. The Balaban J connectivity index is 1.63. The number of sulfonamides is 1. The van der Waals surface area contributed by atoms with Gasteiger partial charge in [0.1, 0.15) is 5.76 Å². The number of carbonyl (C=O) groups excluding carboxylic acids is 1. The highest BCUT2D eigenvalue weighted by Gasteiger charge is 2.29. The largest absolute Gasteiger partial charge is 0.468 e. The SMILES string of the molecule is CC(NC(=O)c1ccc(S(=O)(=O)NCc2ccco2)cc1)C1CC1. The molecule has 128 valence electrons. The van der Waals surface area contributed by atoms with Gasteiger partial charge in [0.25, 0.3) is 5.91 Å². The van der Waals surface area contributed by atoms with Crippen LogP contribution in [0.2, 0.25) is 0 Å². The Labute approximate surface area is 141 Å². The molecule has 6 nitrogen and oxygen atoms in total. The fourth-order valence-corrected chi connectivity index (χ4v) is 3.45. The summed E-state index contributed by atoms with van der Waals surface area (Å²) in [4.78, 5) is 12.3. The highest BCUT2D eigenvalue weighted by atomic mass is 32.2. The number of benzene rings is 1. The normalized spacial score (nSPS) is 15.9. The molecule has 1 aliphatic rings. The van der Waals surface area contributed by atoms with Gasteiger partial charge in [-0.2, -0.15) is 0 Å². The number of amides is 1. The summed E-state index contributed by atoms with van der Waals surface area (Å²) in [6, 6.07) is 9.45. The second-order valence-electron chi connectivity index (χ2n) is 6.03. The van der Waals surface area contributed by atoms with E-state index in [4.69, 9.17) is 4.42 Å². The van der Waals surface area contributed by atoms with E-state index in [0.717, 1.165) is 12.8 Å². The summed E-state index contributed by atoms with van der Waals surface area (Å²) in [5.41, 5.74) is 0.451. The molecular formula is C17H20N2O4S. The van der Waals surface area contributed by atoms with E-state index < -0.39 is 10.0 Å². The molecule has 1 saturated carbocycles. The number of furan rings is 1. The van der Waals surface area contributed by atoms with Crippen molar-refractivity contribution in [2.75, 3.05) is 0 Å². The summed E-state index contributed by atoms with van der Waals surface area (Å²) >= 11 is 0. The zero-order valence-corrected chi connectivity index (χ0v) is 14.2. The van der Waals surface area contributed by atoms with Gasteiger partial charge in [0.2, 0.25) is 10.0 Å². The molecule has 2 aromatic rings. The smallest absolute Gasteiger partial charge is 0.251 e. The predicted molar refractivity (Wildman–Crippen MR) is 88.8 cm³/mol. The van der Waals surface area contributed by atoms with Crippen LogP contribution in [0.25, 0.3) is 0 Å². The van der Waals surface area contributed by atoms with Crippen LogP contribution in [-0.4, -0.2) is 20.4 Å². The van der Waals surface area contributed by atoms with Gasteiger partial charge in [-0.05, 0) is 62.1 Å². The van der Waals surface area contributed by atoms with Crippen LogP contribution in [0.15, 0.2) is 52.0 Å². The summed E-state index contributed by atoms with van der Waals surface area (Å²) < 4.78 is 32.0. The van der Waals surface area contributed by atoms with Gasteiger partial charge in [-0.1, -0.05) is 0 Å². The zero-order chi connectivity index (χ0) is 17.2. The van der Waals surface area contributed by atoms with Crippen molar-refractivity contribution in [3.8, 4) is 0 Å². The van der Waals surface area contributed by atoms with E-state index in [1.165, 1.54) is 30.5 Å². The summed E-state index contributed by atoms with van der Waals surface area (Å²) in [7, 11) is -3.65. The first-order valence-corrected chi connectivity index (χ1v) is 9.37. The van der Waals surface area contributed by atoms with Crippen LogP contribution in [0, 0.1) is 5.92 Å². The van der Waals surface area contributed by atoms with Crippen molar-refractivity contribution in [3.05, 3.63) is 54.0 Å². The average molecular weight is 348 g/mol. The lowest BCUT2D eigenvalue weighted by Gasteiger charge is -2.13. The fraction of sp³-hybridized carbons (Fsp3) is 0.353. The predicted octanol–water partition coefficient (Wildman–Crippen LogP) is 2.29. The molecule has 1 heterocycles. The molecule has 3 rings (SSSR count). The van der Waals surface area contributed by atoms with E-state index in [9.17, 15) is 13.2 Å². The molecule has 0 bridgehead atoms. The maximum atomic E-state index is 12.2. The third-order valence-electron chi connectivity index (χ3n) is 4.13. The molecule has 1 aromatic heterocycles. The molecule has 0 radical (unpaired) electrons. The van der Waals surface area contributed by atoms with Crippen LogP contribution >= 0.6 is 0 Å². The second kappa shape index (κ2) is 6.78. The maximum Gasteiger partial charge on any atom is 0.251 e. The molecule has 1 amide bonds. The molecule has 1 atom stereocenters. The van der Waals surface area contributed by atoms with Gasteiger partial charge in [0, 0.05) is 11.6 Å². The van der Waals surface area contributed by atoms with Crippen molar-refractivity contribution in [2.24, 2.45) is 5.92 Å². The van der Waals surface area contributed by atoms with Gasteiger partial charge >= 0.3 is 0 Å². The van der Waals surface area contributed by atoms with Gasteiger partial charge in [-0.15, -0.1) is 0 Å². The van der Waals surface area contributed by atoms with Crippen molar-refractivity contribution in [3.63, 3.8) is 0 Å². The van der Waals surface area contributed by atoms with Gasteiger partial charge in [0.05, 0.1) is 17.7 Å². The lowest BCUT2D eigenvalue weighted by Crippen LogP contribution is -2.34. The van der Waals surface area contributed by atoms with Crippen molar-refractivity contribution < 1.29 is 17.6 Å². The molecule has 0 spiro atoms. The number of rotatable bonds is 7. The van der Waals surface area contributed by atoms with Gasteiger partial charge in [-0.3, -0.25) is 4.79 Å². The van der Waals surface area contributed by atoms with Gasteiger partial charge in [0.15, 0.2) is 0 Å². The highest BCUT2D eigenvalue weighted by Crippen LogP contribution is 2.32. The van der Waals surface area contributed by atoms with Gasteiger partial charge < -0.3 is 9.73 Å². The zero-order valence-electron chi connectivity index (χ0n) is 13.4. The van der Waals surface area contributed by atoms with E-state index in [2.05, 4.69) is 10.0 Å². The summed E-state index contributed by atoms with van der Waals surface area (Å²) in [5.74, 6) is 0.921. The van der Waals surface area contributed by atoms with Crippen molar-refractivity contribution in [1.82, 2.24) is 10.0 Å². The second-order valence-corrected chi connectivity index (χ2v) is 7.79.